The standard InChI is InChI=1S/C17H15ClFNO4/c1-23-13-4-2-3-11(7-13)9-20-16(21)10-24-17(22)14-6-5-12(19)8-15(14)18/h2-8H,9-10H2,1H3,(H,20,21). The van der Waals surface area contributed by atoms with Crippen molar-refractivity contribution in [2.45, 2.75) is 6.54 Å². The number of halogens is 2. The van der Waals surface area contributed by atoms with Crippen LogP contribution in [0.4, 0.5) is 4.39 Å². The summed E-state index contributed by atoms with van der Waals surface area (Å²) < 4.78 is 22.9. The van der Waals surface area contributed by atoms with Crippen LogP contribution in [0.1, 0.15) is 15.9 Å². The van der Waals surface area contributed by atoms with Crippen molar-refractivity contribution < 1.29 is 23.5 Å². The Morgan fingerprint density at radius 1 is 1.21 bits per heavy atom. The van der Waals surface area contributed by atoms with Crippen molar-refractivity contribution in [2.24, 2.45) is 0 Å². The largest absolute Gasteiger partial charge is 0.497 e. The molecule has 0 bridgehead atoms. The van der Waals surface area contributed by atoms with E-state index in [4.69, 9.17) is 21.1 Å². The van der Waals surface area contributed by atoms with E-state index in [2.05, 4.69) is 5.32 Å². The maximum Gasteiger partial charge on any atom is 0.340 e. The summed E-state index contributed by atoms with van der Waals surface area (Å²) in [4.78, 5) is 23.5. The third-order valence-corrected chi connectivity index (χ3v) is 3.42. The van der Waals surface area contributed by atoms with Gasteiger partial charge in [-0.25, -0.2) is 9.18 Å². The van der Waals surface area contributed by atoms with E-state index in [1.54, 1.807) is 25.3 Å². The second kappa shape index (κ2) is 8.31. The molecule has 0 aromatic heterocycles. The van der Waals surface area contributed by atoms with Gasteiger partial charge in [0.05, 0.1) is 17.7 Å². The lowest BCUT2D eigenvalue weighted by atomic mass is 10.2. The average molecular weight is 352 g/mol. The summed E-state index contributed by atoms with van der Waals surface area (Å²) in [5.74, 6) is -1.15. The minimum Gasteiger partial charge on any atom is -0.497 e. The number of nitrogens with one attached hydrogen (secondary N) is 1. The molecule has 0 spiro atoms. The summed E-state index contributed by atoms with van der Waals surface area (Å²) in [6.45, 7) is -0.193. The topological polar surface area (TPSA) is 64.6 Å². The second-order valence-corrected chi connectivity index (χ2v) is 5.24. The molecule has 0 aliphatic rings. The number of carbonyl (C=O) groups is 2. The summed E-state index contributed by atoms with van der Waals surface area (Å²) in [5.41, 5.74) is 0.842. The Morgan fingerprint density at radius 3 is 2.71 bits per heavy atom. The summed E-state index contributed by atoms with van der Waals surface area (Å²) in [6.07, 6.45) is 0. The number of benzene rings is 2. The number of hydrogen-bond acceptors (Lipinski definition) is 4. The molecule has 2 aromatic carbocycles. The normalized spacial score (nSPS) is 10.1. The minimum atomic E-state index is -0.795. The first-order chi connectivity index (χ1) is 11.5. The molecule has 0 unspecified atom stereocenters. The molecule has 0 saturated heterocycles. The Kier molecular flexibility index (Phi) is 6.14. The average Bonchev–Trinajstić information content (AvgIpc) is 2.58. The Bertz CT molecular complexity index is 751. The Balaban J connectivity index is 1.83. The van der Waals surface area contributed by atoms with Gasteiger partial charge in [-0.1, -0.05) is 23.7 Å². The van der Waals surface area contributed by atoms with Crippen molar-refractivity contribution in [2.75, 3.05) is 13.7 Å². The van der Waals surface area contributed by atoms with Gasteiger partial charge in [-0.3, -0.25) is 4.79 Å². The van der Waals surface area contributed by atoms with Gasteiger partial charge in [-0.2, -0.15) is 0 Å². The molecule has 0 fully saturated rings. The third-order valence-electron chi connectivity index (χ3n) is 3.11. The molecule has 5 nitrogen and oxygen atoms in total. The van der Waals surface area contributed by atoms with E-state index in [1.165, 1.54) is 6.07 Å². The second-order valence-electron chi connectivity index (χ2n) is 4.83. The third kappa shape index (κ3) is 4.96. The number of rotatable bonds is 6. The van der Waals surface area contributed by atoms with Gasteiger partial charge in [0.1, 0.15) is 11.6 Å². The van der Waals surface area contributed by atoms with Crippen LogP contribution in [-0.4, -0.2) is 25.6 Å². The predicted molar refractivity (Wildman–Crippen MR) is 86.5 cm³/mol. The van der Waals surface area contributed by atoms with E-state index in [0.29, 0.717) is 5.75 Å². The highest BCUT2D eigenvalue weighted by molar-refractivity contribution is 6.33. The lowest BCUT2D eigenvalue weighted by Gasteiger charge is -2.08. The summed E-state index contributed by atoms with van der Waals surface area (Å²) in [5, 5.41) is 2.54. The molecule has 1 N–H and O–H groups in total. The highest BCUT2D eigenvalue weighted by Crippen LogP contribution is 2.18. The lowest BCUT2D eigenvalue weighted by molar-refractivity contribution is -0.124. The fourth-order valence-corrected chi connectivity index (χ4v) is 2.14. The first kappa shape index (κ1) is 17.7. The van der Waals surface area contributed by atoms with Crippen molar-refractivity contribution in [3.63, 3.8) is 0 Å². The van der Waals surface area contributed by atoms with E-state index < -0.39 is 24.3 Å². The van der Waals surface area contributed by atoms with Gasteiger partial charge in [0.15, 0.2) is 6.61 Å². The number of methoxy groups -OCH3 is 1. The zero-order valence-corrected chi connectivity index (χ0v) is 13.6. The Labute approximate surface area is 143 Å². The Hall–Kier alpha value is -2.60. The summed E-state index contributed by atoms with van der Waals surface area (Å²) in [7, 11) is 1.55. The predicted octanol–water partition coefficient (Wildman–Crippen LogP) is 2.96. The molecule has 0 heterocycles. The van der Waals surface area contributed by atoms with Crippen molar-refractivity contribution in [3.05, 3.63) is 64.4 Å². The molecule has 24 heavy (non-hydrogen) atoms. The van der Waals surface area contributed by atoms with E-state index >= 15 is 0 Å². The Morgan fingerprint density at radius 2 is 2.00 bits per heavy atom. The van der Waals surface area contributed by atoms with Crippen LogP contribution >= 0.6 is 11.6 Å². The number of esters is 1. The van der Waals surface area contributed by atoms with Crippen LogP contribution in [0.3, 0.4) is 0 Å². The highest BCUT2D eigenvalue weighted by Gasteiger charge is 2.14. The monoisotopic (exact) mass is 351 g/mol. The van der Waals surface area contributed by atoms with Crippen LogP contribution in [0.15, 0.2) is 42.5 Å². The smallest absolute Gasteiger partial charge is 0.340 e. The van der Waals surface area contributed by atoms with Crippen LogP contribution < -0.4 is 10.1 Å². The number of carbonyl (C=O) groups excluding carboxylic acids is 2. The van der Waals surface area contributed by atoms with E-state index in [9.17, 15) is 14.0 Å². The van der Waals surface area contributed by atoms with Crippen molar-refractivity contribution >= 4 is 23.5 Å². The summed E-state index contributed by atoms with van der Waals surface area (Å²) >= 11 is 5.76. The number of hydrogen-bond donors (Lipinski definition) is 1. The molecule has 2 rings (SSSR count). The van der Waals surface area contributed by atoms with Crippen LogP contribution in [0.2, 0.25) is 5.02 Å². The fraction of sp³-hybridized carbons (Fsp3) is 0.176. The zero-order chi connectivity index (χ0) is 17.5. The van der Waals surface area contributed by atoms with E-state index in [1.807, 2.05) is 6.07 Å². The lowest BCUT2D eigenvalue weighted by Crippen LogP contribution is -2.28. The molecule has 0 saturated carbocycles. The molecular weight excluding hydrogens is 337 g/mol. The molecule has 0 radical (unpaired) electrons. The molecule has 126 valence electrons. The van der Waals surface area contributed by atoms with Crippen LogP contribution in [0.5, 0.6) is 5.75 Å². The molecule has 0 atom stereocenters. The van der Waals surface area contributed by atoms with Crippen LogP contribution in [0, 0.1) is 5.82 Å². The van der Waals surface area contributed by atoms with Gasteiger partial charge in [0.2, 0.25) is 0 Å². The van der Waals surface area contributed by atoms with Gasteiger partial charge < -0.3 is 14.8 Å². The number of amides is 1. The van der Waals surface area contributed by atoms with E-state index in [-0.39, 0.29) is 17.1 Å². The summed E-state index contributed by atoms with van der Waals surface area (Å²) in [6, 6.07) is 10.5. The maximum absolute atomic E-state index is 12.9. The first-order valence-corrected chi connectivity index (χ1v) is 7.39. The molecule has 2 aromatic rings. The molecule has 0 aliphatic heterocycles. The molecule has 7 heteroatoms. The van der Waals surface area contributed by atoms with Crippen LogP contribution in [0.25, 0.3) is 0 Å². The van der Waals surface area contributed by atoms with Gasteiger partial charge in [0, 0.05) is 6.54 Å². The zero-order valence-electron chi connectivity index (χ0n) is 12.8. The van der Waals surface area contributed by atoms with Gasteiger partial charge >= 0.3 is 5.97 Å². The molecule has 0 aliphatic carbocycles. The van der Waals surface area contributed by atoms with Crippen LogP contribution in [-0.2, 0) is 16.1 Å². The van der Waals surface area contributed by atoms with Crippen molar-refractivity contribution in [3.8, 4) is 5.75 Å². The number of ether oxygens (including phenoxy) is 2. The minimum absolute atomic E-state index is 0.00124. The van der Waals surface area contributed by atoms with Crippen molar-refractivity contribution in [1.82, 2.24) is 5.32 Å². The molecular formula is C17H15ClFNO4. The van der Waals surface area contributed by atoms with Gasteiger partial charge in [-0.05, 0) is 35.9 Å². The first-order valence-electron chi connectivity index (χ1n) is 7.01. The van der Waals surface area contributed by atoms with Gasteiger partial charge in [0.25, 0.3) is 5.91 Å². The van der Waals surface area contributed by atoms with E-state index in [0.717, 1.165) is 17.7 Å². The SMILES string of the molecule is COc1cccc(CNC(=O)COC(=O)c2ccc(F)cc2Cl)c1. The van der Waals surface area contributed by atoms with Crippen molar-refractivity contribution in [1.29, 1.82) is 0 Å². The quantitative estimate of drug-likeness (QED) is 0.813. The maximum atomic E-state index is 12.9. The molecule has 1 amide bonds. The highest BCUT2D eigenvalue weighted by atomic mass is 35.5. The fourth-order valence-electron chi connectivity index (χ4n) is 1.90. The van der Waals surface area contributed by atoms with Gasteiger partial charge in [-0.15, -0.1) is 0 Å².